The van der Waals surface area contributed by atoms with Gasteiger partial charge >= 0.3 is 118 Å². The molecule has 0 aliphatic carbocycles. The molecule has 3 rings (SSSR count). The van der Waals surface area contributed by atoms with Crippen LogP contribution in [0.15, 0.2) is 70.8 Å². The van der Waals surface area contributed by atoms with E-state index in [1.165, 1.54) is 5.56 Å². The number of hydrogen-bond acceptors (Lipinski definition) is 2. The molecule has 0 spiro atoms. The number of nitrogens with zero attached hydrogens (tertiary/aromatic N) is 2. The van der Waals surface area contributed by atoms with E-state index in [1.807, 2.05) is 48.5 Å². The molecule has 0 saturated heterocycles. The van der Waals surface area contributed by atoms with Gasteiger partial charge in [0.25, 0.3) is 0 Å². The van der Waals surface area contributed by atoms with Crippen molar-refractivity contribution in [3.05, 3.63) is 66.2 Å². The van der Waals surface area contributed by atoms with Gasteiger partial charge in [0, 0.05) is 0 Å². The summed E-state index contributed by atoms with van der Waals surface area (Å²) in [5.74, 6) is 0. The number of hydrazone groups is 1. The van der Waals surface area contributed by atoms with Gasteiger partial charge in [0.1, 0.15) is 0 Å². The number of rotatable bonds is 2. The van der Waals surface area contributed by atoms with Gasteiger partial charge in [-0.2, -0.15) is 0 Å². The molecule has 0 radical (unpaired) electrons. The molecule has 1 N–H and O–H groups in total. The Hall–Kier alpha value is -1.90. The summed E-state index contributed by atoms with van der Waals surface area (Å²) in [6.45, 7) is 0. The molecule has 19 heavy (non-hydrogen) atoms. The molecule has 3 nitrogen and oxygen atoms in total. The number of hydrogen-bond donors (Lipinski definition) is 1. The van der Waals surface area contributed by atoms with Gasteiger partial charge in [0.2, 0.25) is 0 Å². The molecule has 2 aromatic rings. The summed E-state index contributed by atoms with van der Waals surface area (Å²) in [6.07, 6.45) is 0. The van der Waals surface area contributed by atoms with E-state index in [4.69, 9.17) is 0 Å². The van der Waals surface area contributed by atoms with E-state index in [9.17, 15) is 0 Å². The number of benzene rings is 2. The van der Waals surface area contributed by atoms with Crippen LogP contribution < -0.4 is 5.43 Å². The summed E-state index contributed by atoms with van der Waals surface area (Å²) in [5.41, 5.74) is 6.37. The molecule has 1 aliphatic heterocycles. The standard InChI is InChI=1S/C15H13N3Se/c1-3-7-12(8-4-1)14-11-19-15(18-17-14)16-13-9-5-2-6-10-13/h1-10H,11H2,(H,16,18). The van der Waals surface area contributed by atoms with Crippen LogP contribution in [0.5, 0.6) is 0 Å². The van der Waals surface area contributed by atoms with Crippen LogP contribution in [0.3, 0.4) is 0 Å². The van der Waals surface area contributed by atoms with E-state index in [2.05, 4.69) is 27.7 Å². The summed E-state index contributed by atoms with van der Waals surface area (Å²) < 4.78 is 0.985. The van der Waals surface area contributed by atoms with Crippen LogP contribution >= 0.6 is 0 Å². The number of nitrogens with one attached hydrogen (secondary N) is 1. The van der Waals surface area contributed by atoms with Crippen molar-refractivity contribution in [3.8, 4) is 0 Å². The van der Waals surface area contributed by atoms with Crippen molar-refractivity contribution in [2.24, 2.45) is 10.1 Å². The Kier molecular flexibility index (Phi) is 3.73. The number of para-hydroxylation sites is 1. The average molecular weight is 314 g/mol. The quantitative estimate of drug-likeness (QED) is 0.850. The topological polar surface area (TPSA) is 36.8 Å². The molecule has 4 heteroatoms. The summed E-state index contributed by atoms with van der Waals surface area (Å²) >= 11 is 0.308. The van der Waals surface area contributed by atoms with Crippen molar-refractivity contribution in [2.45, 2.75) is 5.32 Å². The Morgan fingerprint density at radius 1 is 0.947 bits per heavy atom. The van der Waals surface area contributed by atoms with Crippen molar-refractivity contribution in [2.75, 3.05) is 0 Å². The van der Waals surface area contributed by atoms with Crippen LogP contribution in [0.4, 0.5) is 5.69 Å². The van der Waals surface area contributed by atoms with Crippen molar-refractivity contribution >= 4 is 31.1 Å². The van der Waals surface area contributed by atoms with Crippen LogP contribution in [0, 0.1) is 0 Å². The van der Waals surface area contributed by atoms with Crippen LogP contribution in [0.25, 0.3) is 0 Å². The van der Waals surface area contributed by atoms with Crippen molar-refractivity contribution in [1.82, 2.24) is 5.43 Å². The first-order valence-electron chi connectivity index (χ1n) is 6.06. The fraction of sp³-hybridized carbons (Fsp3) is 0.0667. The molecule has 1 heterocycles. The second-order valence-electron chi connectivity index (χ2n) is 4.08. The SMILES string of the molecule is c1ccc(N=C2NN=C(c3ccccc3)C[Se]2)cc1. The Bertz CT molecular complexity index is 606. The average Bonchev–Trinajstić information content (AvgIpc) is 2.50. The zero-order chi connectivity index (χ0) is 12.9. The van der Waals surface area contributed by atoms with Crippen LogP contribution in [0.2, 0.25) is 5.32 Å². The monoisotopic (exact) mass is 315 g/mol. The van der Waals surface area contributed by atoms with Crippen LogP contribution in [0.1, 0.15) is 5.56 Å². The van der Waals surface area contributed by atoms with Crippen molar-refractivity contribution in [3.63, 3.8) is 0 Å². The first-order valence-corrected chi connectivity index (χ1v) is 8.13. The van der Waals surface area contributed by atoms with E-state index in [-0.39, 0.29) is 0 Å². The first-order chi connectivity index (χ1) is 9.42. The molecule has 0 bridgehead atoms. The molecule has 1 aliphatic rings. The number of amidine groups is 1. The first kappa shape index (κ1) is 12.1. The maximum atomic E-state index is 4.57. The molecular formula is C15H13N3Se. The predicted molar refractivity (Wildman–Crippen MR) is 80.2 cm³/mol. The van der Waals surface area contributed by atoms with Gasteiger partial charge in [0.05, 0.1) is 0 Å². The van der Waals surface area contributed by atoms with Gasteiger partial charge < -0.3 is 0 Å². The van der Waals surface area contributed by atoms with E-state index in [1.54, 1.807) is 0 Å². The minimum absolute atomic E-state index is 0.308. The Balaban J connectivity index is 1.76. The Labute approximate surface area is 118 Å². The normalized spacial score (nSPS) is 16.8. The van der Waals surface area contributed by atoms with Gasteiger partial charge in [-0.1, -0.05) is 0 Å². The van der Waals surface area contributed by atoms with Gasteiger partial charge in [0.15, 0.2) is 0 Å². The van der Waals surface area contributed by atoms with Crippen molar-refractivity contribution < 1.29 is 0 Å². The van der Waals surface area contributed by atoms with Crippen LogP contribution in [-0.2, 0) is 0 Å². The van der Waals surface area contributed by atoms with Gasteiger partial charge in [-0.05, 0) is 0 Å². The Morgan fingerprint density at radius 2 is 1.63 bits per heavy atom. The second kappa shape index (κ2) is 5.83. The second-order valence-corrected chi connectivity index (χ2v) is 6.10. The molecule has 2 aromatic carbocycles. The van der Waals surface area contributed by atoms with Gasteiger partial charge in [-0.3, -0.25) is 0 Å². The van der Waals surface area contributed by atoms with Crippen LogP contribution in [-0.4, -0.2) is 25.4 Å². The Morgan fingerprint density at radius 3 is 2.26 bits per heavy atom. The molecule has 0 atom stereocenters. The summed E-state index contributed by atoms with van der Waals surface area (Å²) in [4.78, 5) is 4.57. The third-order valence-corrected chi connectivity index (χ3v) is 4.56. The molecular weight excluding hydrogens is 301 g/mol. The zero-order valence-corrected chi connectivity index (χ0v) is 12.0. The number of aliphatic imine (C=N–C) groups is 1. The minimum atomic E-state index is 0.308. The summed E-state index contributed by atoms with van der Waals surface area (Å²) in [6, 6.07) is 20.3. The van der Waals surface area contributed by atoms with E-state index in [0.717, 1.165) is 21.5 Å². The van der Waals surface area contributed by atoms with E-state index in [0.29, 0.717) is 15.0 Å². The summed E-state index contributed by atoms with van der Waals surface area (Å²) in [5, 5.41) is 5.41. The molecule has 0 aromatic heterocycles. The molecule has 0 unspecified atom stereocenters. The van der Waals surface area contributed by atoms with Gasteiger partial charge in [-0.25, -0.2) is 0 Å². The predicted octanol–water partition coefficient (Wildman–Crippen LogP) is 2.80. The zero-order valence-electron chi connectivity index (χ0n) is 10.3. The molecule has 0 fully saturated rings. The third-order valence-electron chi connectivity index (χ3n) is 2.73. The summed E-state index contributed by atoms with van der Waals surface area (Å²) in [7, 11) is 0. The molecule has 0 saturated carbocycles. The third kappa shape index (κ3) is 3.11. The fourth-order valence-corrected chi connectivity index (χ4v) is 3.42. The molecule has 0 amide bonds. The van der Waals surface area contributed by atoms with Gasteiger partial charge in [-0.15, -0.1) is 0 Å². The fourth-order valence-electron chi connectivity index (χ4n) is 1.77. The van der Waals surface area contributed by atoms with E-state index >= 15 is 0 Å². The van der Waals surface area contributed by atoms with Crippen molar-refractivity contribution in [1.29, 1.82) is 0 Å². The van der Waals surface area contributed by atoms with E-state index < -0.39 is 0 Å². The molecule has 94 valence electrons. The maximum absolute atomic E-state index is 4.57.